The number of benzene rings is 2. The molecular formula is C17H17ClIN. The Morgan fingerprint density at radius 3 is 2.45 bits per heavy atom. The normalized spacial score (nSPS) is 21.4. The molecule has 1 saturated carbocycles. The predicted octanol–water partition coefficient (Wildman–Crippen LogP) is 5.61. The summed E-state index contributed by atoms with van der Waals surface area (Å²) in [5.41, 5.74) is 4.00. The van der Waals surface area contributed by atoms with E-state index in [2.05, 4.69) is 65.2 Å². The van der Waals surface area contributed by atoms with Crippen LogP contribution in [-0.2, 0) is 0 Å². The van der Waals surface area contributed by atoms with E-state index in [1.54, 1.807) is 0 Å². The third-order valence-corrected chi connectivity index (χ3v) is 5.11. The van der Waals surface area contributed by atoms with Crippen LogP contribution in [0.4, 0.5) is 5.69 Å². The molecule has 0 heterocycles. The maximum Gasteiger partial charge on any atom is 0.0479 e. The van der Waals surface area contributed by atoms with Gasteiger partial charge in [-0.1, -0.05) is 41.4 Å². The Labute approximate surface area is 138 Å². The first-order valence-electron chi connectivity index (χ1n) is 6.90. The van der Waals surface area contributed by atoms with E-state index in [-0.39, 0.29) is 0 Å². The molecule has 3 rings (SSSR count). The number of anilines is 1. The van der Waals surface area contributed by atoms with Crippen molar-refractivity contribution < 1.29 is 0 Å². The van der Waals surface area contributed by atoms with Gasteiger partial charge in [-0.2, -0.15) is 0 Å². The Morgan fingerprint density at radius 2 is 1.80 bits per heavy atom. The first-order valence-corrected chi connectivity index (χ1v) is 8.35. The Bertz CT molecular complexity index is 603. The molecule has 0 saturated heterocycles. The van der Waals surface area contributed by atoms with Crippen molar-refractivity contribution in [1.29, 1.82) is 0 Å². The van der Waals surface area contributed by atoms with Gasteiger partial charge in [0, 0.05) is 20.3 Å². The van der Waals surface area contributed by atoms with Crippen molar-refractivity contribution in [3.63, 3.8) is 0 Å². The minimum atomic E-state index is 0.580. The van der Waals surface area contributed by atoms with Crippen molar-refractivity contribution >= 4 is 39.9 Å². The van der Waals surface area contributed by atoms with Crippen LogP contribution >= 0.6 is 34.2 Å². The summed E-state index contributed by atoms with van der Waals surface area (Å²) in [4.78, 5) is 0. The zero-order chi connectivity index (χ0) is 14.1. The van der Waals surface area contributed by atoms with Crippen LogP contribution in [0, 0.1) is 10.5 Å². The average molecular weight is 398 g/mol. The number of hydrogen-bond donors (Lipinski definition) is 1. The van der Waals surface area contributed by atoms with Crippen LogP contribution in [-0.4, -0.2) is 6.04 Å². The van der Waals surface area contributed by atoms with Gasteiger partial charge in [0.05, 0.1) is 0 Å². The monoisotopic (exact) mass is 397 g/mol. The molecule has 1 fully saturated rings. The van der Waals surface area contributed by atoms with E-state index >= 15 is 0 Å². The van der Waals surface area contributed by atoms with E-state index in [1.807, 2.05) is 12.1 Å². The summed E-state index contributed by atoms with van der Waals surface area (Å²) in [5, 5.41) is 4.42. The van der Waals surface area contributed by atoms with Gasteiger partial charge in [-0.05, 0) is 72.0 Å². The lowest BCUT2D eigenvalue weighted by atomic mass is 9.75. The first-order chi connectivity index (χ1) is 9.61. The Hall–Kier alpha value is -0.740. The largest absolute Gasteiger partial charge is 0.381 e. The van der Waals surface area contributed by atoms with Crippen molar-refractivity contribution in [3.8, 4) is 0 Å². The summed E-state index contributed by atoms with van der Waals surface area (Å²) in [6.45, 7) is 2.14. The number of aryl methyl sites for hydroxylation is 1. The lowest BCUT2D eigenvalue weighted by molar-refractivity contribution is 0.374. The molecule has 1 aliphatic carbocycles. The number of halogens is 2. The molecule has 0 bridgehead atoms. The van der Waals surface area contributed by atoms with Crippen molar-refractivity contribution in [1.82, 2.24) is 0 Å². The van der Waals surface area contributed by atoms with Crippen LogP contribution < -0.4 is 5.32 Å². The van der Waals surface area contributed by atoms with Crippen LogP contribution in [0.3, 0.4) is 0 Å². The maximum absolute atomic E-state index is 5.98. The van der Waals surface area contributed by atoms with E-state index in [4.69, 9.17) is 11.6 Å². The summed E-state index contributed by atoms with van der Waals surface area (Å²) in [5.74, 6) is 0.707. The van der Waals surface area contributed by atoms with Crippen molar-refractivity contribution in [2.45, 2.75) is 31.7 Å². The second kappa shape index (κ2) is 5.94. The second-order valence-corrected chi connectivity index (χ2v) is 7.14. The van der Waals surface area contributed by atoms with E-state index in [0.29, 0.717) is 12.0 Å². The smallest absolute Gasteiger partial charge is 0.0479 e. The number of nitrogens with one attached hydrogen (secondary N) is 1. The summed E-state index contributed by atoms with van der Waals surface area (Å²) in [7, 11) is 0. The van der Waals surface area contributed by atoms with Gasteiger partial charge in [-0.3, -0.25) is 0 Å². The fraction of sp³-hybridized carbons (Fsp3) is 0.294. The lowest BCUT2D eigenvalue weighted by Gasteiger charge is -2.37. The van der Waals surface area contributed by atoms with Crippen LogP contribution in [0.15, 0.2) is 42.5 Å². The molecule has 104 valence electrons. The molecule has 0 radical (unpaired) electrons. The molecule has 20 heavy (non-hydrogen) atoms. The third-order valence-electron chi connectivity index (χ3n) is 3.98. The quantitative estimate of drug-likeness (QED) is 0.664. The maximum atomic E-state index is 5.98. The van der Waals surface area contributed by atoms with Gasteiger partial charge in [0.25, 0.3) is 0 Å². The molecule has 0 spiro atoms. The molecule has 1 aliphatic rings. The number of rotatable bonds is 3. The molecule has 3 heteroatoms. The van der Waals surface area contributed by atoms with E-state index < -0.39 is 0 Å². The van der Waals surface area contributed by atoms with Crippen LogP contribution in [0.5, 0.6) is 0 Å². The van der Waals surface area contributed by atoms with Gasteiger partial charge in [-0.25, -0.2) is 0 Å². The zero-order valence-corrected chi connectivity index (χ0v) is 14.3. The van der Waals surface area contributed by atoms with Crippen molar-refractivity contribution in [3.05, 3.63) is 62.2 Å². The van der Waals surface area contributed by atoms with E-state index in [9.17, 15) is 0 Å². The summed E-state index contributed by atoms with van der Waals surface area (Å²) in [6.07, 6.45) is 2.42. The molecule has 1 N–H and O–H groups in total. The highest BCUT2D eigenvalue weighted by atomic mass is 127. The number of hydrogen-bond acceptors (Lipinski definition) is 1. The lowest BCUT2D eigenvalue weighted by Crippen LogP contribution is -2.34. The van der Waals surface area contributed by atoms with Gasteiger partial charge >= 0.3 is 0 Å². The van der Waals surface area contributed by atoms with Gasteiger partial charge < -0.3 is 5.32 Å². The Kier molecular flexibility index (Phi) is 4.22. The minimum absolute atomic E-state index is 0.580. The molecule has 0 aromatic heterocycles. The standard InChI is InChI=1S/C17H17ClIN/c1-11-2-4-12(5-3-11)13-8-15(9-13)20-17-7-6-14(18)10-16(17)19/h2-7,10,13,15,20H,8-9H2,1H3. The molecular weight excluding hydrogens is 381 g/mol. The van der Waals surface area contributed by atoms with Gasteiger partial charge in [0.2, 0.25) is 0 Å². The molecule has 2 aromatic rings. The highest BCUT2D eigenvalue weighted by Crippen LogP contribution is 2.39. The third kappa shape index (κ3) is 3.12. The van der Waals surface area contributed by atoms with Gasteiger partial charge in [-0.15, -0.1) is 0 Å². The molecule has 0 atom stereocenters. The molecule has 0 aliphatic heterocycles. The fourth-order valence-corrected chi connectivity index (χ4v) is 3.70. The first kappa shape index (κ1) is 14.2. The molecule has 0 unspecified atom stereocenters. The van der Waals surface area contributed by atoms with Gasteiger partial charge in [0.1, 0.15) is 0 Å². The molecule has 0 amide bonds. The van der Waals surface area contributed by atoms with Crippen LogP contribution in [0.25, 0.3) is 0 Å². The zero-order valence-electron chi connectivity index (χ0n) is 11.4. The van der Waals surface area contributed by atoms with Crippen molar-refractivity contribution in [2.24, 2.45) is 0 Å². The summed E-state index contributed by atoms with van der Waals surface area (Å²) >= 11 is 8.32. The highest BCUT2D eigenvalue weighted by molar-refractivity contribution is 14.1. The van der Waals surface area contributed by atoms with Crippen molar-refractivity contribution in [2.75, 3.05) is 5.32 Å². The Morgan fingerprint density at radius 1 is 1.10 bits per heavy atom. The molecule has 2 aromatic carbocycles. The topological polar surface area (TPSA) is 12.0 Å². The highest BCUT2D eigenvalue weighted by Gasteiger charge is 2.30. The summed E-state index contributed by atoms with van der Waals surface area (Å²) in [6, 6.07) is 15.5. The summed E-state index contributed by atoms with van der Waals surface area (Å²) < 4.78 is 1.19. The molecule has 1 nitrogen and oxygen atoms in total. The SMILES string of the molecule is Cc1ccc(C2CC(Nc3ccc(Cl)cc3I)C2)cc1. The second-order valence-electron chi connectivity index (χ2n) is 5.54. The van der Waals surface area contributed by atoms with Crippen LogP contribution in [0.2, 0.25) is 5.02 Å². The fourth-order valence-electron chi connectivity index (χ4n) is 2.67. The van der Waals surface area contributed by atoms with Gasteiger partial charge in [0.15, 0.2) is 0 Å². The van der Waals surface area contributed by atoms with Crippen LogP contribution in [0.1, 0.15) is 29.9 Å². The average Bonchev–Trinajstić information content (AvgIpc) is 2.37. The minimum Gasteiger partial charge on any atom is -0.381 e. The Balaban J connectivity index is 1.59. The van der Waals surface area contributed by atoms with E-state index in [1.165, 1.54) is 33.2 Å². The predicted molar refractivity (Wildman–Crippen MR) is 94.7 cm³/mol. The van der Waals surface area contributed by atoms with E-state index in [0.717, 1.165) is 5.02 Å².